The van der Waals surface area contributed by atoms with E-state index in [-0.39, 0.29) is 17.9 Å². The first-order chi connectivity index (χ1) is 9.85. The maximum atomic E-state index is 12.3. The van der Waals surface area contributed by atoms with Crippen molar-refractivity contribution in [2.24, 2.45) is 0 Å². The van der Waals surface area contributed by atoms with E-state index in [1.54, 1.807) is 0 Å². The molecular formula is C16H21N3O2. The van der Waals surface area contributed by atoms with Crippen molar-refractivity contribution in [1.82, 2.24) is 9.13 Å². The zero-order chi connectivity index (χ0) is 15.7. The molecule has 2 aromatic rings. The lowest BCUT2D eigenvalue weighted by Crippen LogP contribution is -2.41. The molecule has 1 aromatic heterocycles. The standard InChI is InChI=1S/C16H21N3O2/c1-5-18-9-14(17)15(20)19(16(18)21)8-13-11(3)6-10(2)7-12(13)4/h6-7,9H,5,8,17H2,1-4H3. The van der Waals surface area contributed by atoms with Crippen LogP contribution in [0.2, 0.25) is 0 Å². The summed E-state index contributed by atoms with van der Waals surface area (Å²) in [6.07, 6.45) is 1.41. The molecular weight excluding hydrogens is 266 g/mol. The summed E-state index contributed by atoms with van der Waals surface area (Å²) in [5, 5.41) is 0. The molecule has 0 unspecified atom stereocenters. The number of nitrogens with zero attached hydrogens (tertiary/aromatic N) is 2. The van der Waals surface area contributed by atoms with Gasteiger partial charge in [0.2, 0.25) is 0 Å². The van der Waals surface area contributed by atoms with Crippen molar-refractivity contribution < 1.29 is 0 Å². The van der Waals surface area contributed by atoms with E-state index in [1.165, 1.54) is 20.9 Å². The number of hydrogen-bond donors (Lipinski definition) is 1. The fourth-order valence-corrected chi connectivity index (χ4v) is 2.66. The molecule has 0 aliphatic carbocycles. The van der Waals surface area contributed by atoms with Gasteiger partial charge < -0.3 is 5.73 Å². The second-order valence-corrected chi connectivity index (χ2v) is 5.42. The van der Waals surface area contributed by atoms with E-state index in [0.717, 1.165) is 16.7 Å². The summed E-state index contributed by atoms with van der Waals surface area (Å²) < 4.78 is 2.67. The van der Waals surface area contributed by atoms with Crippen molar-refractivity contribution in [1.29, 1.82) is 0 Å². The van der Waals surface area contributed by atoms with Crippen molar-refractivity contribution in [2.45, 2.75) is 40.8 Å². The fraction of sp³-hybridized carbons (Fsp3) is 0.375. The highest BCUT2D eigenvalue weighted by molar-refractivity contribution is 5.38. The molecule has 2 N–H and O–H groups in total. The van der Waals surface area contributed by atoms with Gasteiger partial charge >= 0.3 is 5.69 Å². The average molecular weight is 287 g/mol. The van der Waals surface area contributed by atoms with Crippen molar-refractivity contribution in [3.05, 3.63) is 61.4 Å². The number of nitrogens with two attached hydrogens (primary N) is 1. The van der Waals surface area contributed by atoms with Gasteiger partial charge in [-0.25, -0.2) is 4.79 Å². The largest absolute Gasteiger partial charge is 0.393 e. The van der Waals surface area contributed by atoms with E-state index in [2.05, 4.69) is 12.1 Å². The van der Waals surface area contributed by atoms with Gasteiger partial charge in [0.25, 0.3) is 5.56 Å². The van der Waals surface area contributed by atoms with E-state index in [1.807, 2.05) is 27.7 Å². The van der Waals surface area contributed by atoms with Crippen molar-refractivity contribution in [2.75, 3.05) is 5.73 Å². The van der Waals surface area contributed by atoms with Crippen LogP contribution in [0.25, 0.3) is 0 Å². The molecule has 0 aliphatic heterocycles. The Morgan fingerprint density at radius 3 is 2.19 bits per heavy atom. The van der Waals surface area contributed by atoms with E-state index < -0.39 is 5.56 Å². The average Bonchev–Trinajstić information content (AvgIpc) is 2.41. The van der Waals surface area contributed by atoms with E-state index >= 15 is 0 Å². The van der Waals surface area contributed by atoms with E-state index in [9.17, 15) is 9.59 Å². The minimum absolute atomic E-state index is 0.0962. The third-order valence-electron chi connectivity index (χ3n) is 3.76. The first-order valence-electron chi connectivity index (χ1n) is 7.01. The van der Waals surface area contributed by atoms with Crippen LogP contribution in [-0.4, -0.2) is 9.13 Å². The number of rotatable bonds is 3. The number of hydrogen-bond acceptors (Lipinski definition) is 3. The molecule has 21 heavy (non-hydrogen) atoms. The quantitative estimate of drug-likeness (QED) is 0.932. The highest BCUT2D eigenvalue weighted by atomic mass is 16.2. The predicted molar refractivity (Wildman–Crippen MR) is 84.8 cm³/mol. The molecule has 0 saturated carbocycles. The normalized spacial score (nSPS) is 10.9. The van der Waals surface area contributed by atoms with E-state index in [0.29, 0.717) is 6.54 Å². The molecule has 0 radical (unpaired) electrons. The van der Waals surface area contributed by atoms with Crippen LogP contribution in [0.15, 0.2) is 27.9 Å². The van der Waals surface area contributed by atoms with Crippen molar-refractivity contribution >= 4 is 5.69 Å². The van der Waals surface area contributed by atoms with Crippen LogP contribution in [0.5, 0.6) is 0 Å². The molecule has 0 fully saturated rings. The predicted octanol–water partition coefficient (Wildman–Crippen LogP) is 1.59. The van der Waals surface area contributed by atoms with Crippen molar-refractivity contribution in [3.8, 4) is 0 Å². The summed E-state index contributed by atoms with van der Waals surface area (Å²) in [6, 6.07) is 4.11. The number of benzene rings is 1. The van der Waals surface area contributed by atoms with Gasteiger partial charge in [0.05, 0.1) is 6.54 Å². The van der Waals surface area contributed by atoms with Gasteiger partial charge in [-0.3, -0.25) is 13.9 Å². The van der Waals surface area contributed by atoms with E-state index in [4.69, 9.17) is 5.73 Å². The Kier molecular flexibility index (Phi) is 4.02. The molecule has 5 nitrogen and oxygen atoms in total. The number of nitrogen functional groups attached to an aromatic ring is 1. The Labute approximate surface area is 123 Å². The summed E-state index contributed by atoms with van der Waals surface area (Å²) in [7, 11) is 0. The molecule has 0 atom stereocenters. The lowest BCUT2D eigenvalue weighted by atomic mass is 10.00. The van der Waals surface area contributed by atoms with Crippen LogP contribution in [0.1, 0.15) is 29.2 Å². The number of anilines is 1. The minimum atomic E-state index is -0.427. The lowest BCUT2D eigenvalue weighted by Gasteiger charge is -2.14. The van der Waals surface area contributed by atoms with Gasteiger partial charge in [0.1, 0.15) is 5.69 Å². The lowest BCUT2D eigenvalue weighted by molar-refractivity contribution is 0.601. The fourth-order valence-electron chi connectivity index (χ4n) is 2.66. The Balaban J connectivity index is 2.63. The van der Waals surface area contributed by atoms with Crippen LogP contribution < -0.4 is 17.0 Å². The number of aryl methyl sites for hydroxylation is 4. The Hall–Kier alpha value is -2.30. The molecule has 0 amide bonds. The zero-order valence-electron chi connectivity index (χ0n) is 12.9. The molecule has 1 heterocycles. The van der Waals surface area contributed by atoms with Gasteiger partial charge in [-0.1, -0.05) is 17.7 Å². The van der Waals surface area contributed by atoms with Crippen molar-refractivity contribution in [3.63, 3.8) is 0 Å². The summed E-state index contributed by atoms with van der Waals surface area (Å²) >= 11 is 0. The molecule has 1 aromatic carbocycles. The second kappa shape index (κ2) is 5.60. The first kappa shape index (κ1) is 15.1. The van der Waals surface area contributed by atoms with Gasteiger partial charge in [-0.2, -0.15) is 0 Å². The summed E-state index contributed by atoms with van der Waals surface area (Å²) in [5.41, 5.74) is 9.38. The zero-order valence-corrected chi connectivity index (χ0v) is 12.9. The highest BCUT2D eigenvalue weighted by Gasteiger charge is 2.12. The monoisotopic (exact) mass is 287 g/mol. The third-order valence-corrected chi connectivity index (χ3v) is 3.76. The smallest absolute Gasteiger partial charge is 0.331 e. The maximum absolute atomic E-state index is 12.3. The SMILES string of the molecule is CCn1cc(N)c(=O)n(Cc2c(C)cc(C)cc2C)c1=O. The Morgan fingerprint density at radius 1 is 1.10 bits per heavy atom. The van der Waals surface area contributed by atoms with Crippen LogP contribution in [-0.2, 0) is 13.1 Å². The molecule has 112 valence electrons. The summed E-state index contributed by atoms with van der Waals surface area (Å²) in [5.74, 6) is 0. The molecule has 2 rings (SSSR count). The van der Waals surface area contributed by atoms with Gasteiger partial charge in [0.15, 0.2) is 0 Å². The molecule has 0 aliphatic rings. The second-order valence-electron chi connectivity index (χ2n) is 5.42. The van der Waals surface area contributed by atoms with Crippen LogP contribution in [0.4, 0.5) is 5.69 Å². The number of aromatic nitrogens is 2. The summed E-state index contributed by atoms with van der Waals surface area (Å²) in [6.45, 7) is 8.59. The Morgan fingerprint density at radius 2 is 1.67 bits per heavy atom. The minimum Gasteiger partial charge on any atom is -0.393 e. The third kappa shape index (κ3) is 2.77. The topological polar surface area (TPSA) is 70.0 Å². The first-order valence-corrected chi connectivity index (χ1v) is 7.01. The molecule has 0 spiro atoms. The Bertz CT molecular complexity index is 777. The molecule has 0 saturated heterocycles. The molecule has 5 heteroatoms. The van der Waals surface area contributed by atoms with Gasteiger partial charge in [-0.05, 0) is 44.4 Å². The van der Waals surface area contributed by atoms with Gasteiger partial charge in [0, 0.05) is 12.7 Å². The molecule has 0 bridgehead atoms. The maximum Gasteiger partial charge on any atom is 0.331 e. The van der Waals surface area contributed by atoms with Gasteiger partial charge in [-0.15, -0.1) is 0 Å². The van der Waals surface area contributed by atoms with Crippen LogP contribution in [0.3, 0.4) is 0 Å². The van der Waals surface area contributed by atoms with Crippen LogP contribution >= 0.6 is 0 Å². The highest BCUT2D eigenvalue weighted by Crippen LogP contribution is 2.16. The van der Waals surface area contributed by atoms with Crippen LogP contribution in [0, 0.1) is 20.8 Å². The summed E-state index contributed by atoms with van der Waals surface area (Å²) in [4.78, 5) is 24.5.